The van der Waals surface area contributed by atoms with E-state index in [0.29, 0.717) is 6.54 Å². The minimum Gasteiger partial charge on any atom is -0.353 e. The molecule has 0 rings (SSSR count). The first-order valence-corrected chi connectivity index (χ1v) is 7.91. The molecule has 0 aliphatic rings. The van der Waals surface area contributed by atoms with E-state index in [-0.39, 0.29) is 18.3 Å². The van der Waals surface area contributed by atoms with Crippen LogP contribution in [-0.4, -0.2) is 38.2 Å². The standard InChI is InChI=1S/C11H25N3O3S.ClH/c1-6-11(12,7-2)8-13-9(15)10(3,4)14-18(5,16)17;/h14H,6-8,12H2,1-5H3,(H,13,15);1H. The van der Waals surface area contributed by atoms with Gasteiger partial charge in [0.05, 0.1) is 6.26 Å². The van der Waals surface area contributed by atoms with Gasteiger partial charge in [-0.3, -0.25) is 4.79 Å². The number of carbonyl (C=O) groups excluding carboxylic acids is 1. The van der Waals surface area contributed by atoms with Gasteiger partial charge in [-0.2, -0.15) is 0 Å². The molecule has 0 aromatic heterocycles. The number of amides is 1. The van der Waals surface area contributed by atoms with Gasteiger partial charge >= 0.3 is 0 Å². The van der Waals surface area contributed by atoms with Gasteiger partial charge in [-0.1, -0.05) is 13.8 Å². The zero-order valence-corrected chi connectivity index (χ0v) is 13.9. The van der Waals surface area contributed by atoms with E-state index in [0.717, 1.165) is 19.1 Å². The van der Waals surface area contributed by atoms with E-state index in [9.17, 15) is 13.2 Å². The van der Waals surface area contributed by atoms with Crippen LogP contribution in [0.25, 0.3) is 0 Å². The fraction of sp³-hybridized carbons (Fsp3) is 0.909. The Bertz CT molecular complexity index is 392. The summed E-state index contributed by atoms with van der Waals surface area (Å²) in [7, 11) is -3.43. The molecule has 19 heavy (non-hydrogen) atoms. The molecule has 0 aliphatic carbocycles. The van der Waals surface area contributed by atoms with Crippen molar-refractivity contribution >= 4 is 28.3 Å². The molecule has 0 radical (unpaired) electrons. The Hall–Kier alpha value is -0.370. The van der Waals surface area contributed by atoms with Crippen LogP contribution >= 0.6 is 12.4 Å². The number of hydrogen-bond acceptors (Lipinski definition) is 4. The summed E-state index contributed by atoms with van der Waals surface area (Å²) in [5, 5.41) is 2.70. The van der Waals surface area contributed by atoms with E-state index in [4.69, 9.17) is 5.73 Å². The predicted molar refractivity (Wildman–Crippen MR) is 79.8 cm³/mol. The number of sulfonamides is 1. The zero-order valence-electron chi connectivity index (χ0n) is 12.2. The molecule has 0 atom stereocenters. The van der Waals surface area contributed by atoms with Gasteiger partial charge in [0.15, 0.2) is 0 Å². The smallest absolute Gasteiger partial charge is 0.240 e. The number of nitrogens with two attached hydrogens (primary N) is 1. The molecule has 0 fully saturated rings. The van der Waals surface area contributed by atoms with Gasteiger partial charge in [0, 0.05) is 12.1 Å². The van der Waals surface area contributed by atoms with E-state index >= 15 is 0 Å². The molecule has 0 aliphatic heterocycles. The Morgan fingerprint density at radius 2 is 1.63 bits per heavy atom. The number of halogens is 1. The second-order valence-corrected chi connectivity index (χ2v) is 7.00. The third-order valence-electron chi connectivity index (χ3n) is 3.02. The monoisotopic (exact) mass is 315 g/mol. The number of rotatable bonds is 7. The molecular weight excluding hydrogens is 290 g/mol. The van der Waals surface area contributed by atoms with E-state index in [1.165, 1.54) is 13.8 Å². The van der Waals surface area contributed by atoms with E-state index < -0.39 is 21.1 Å². The van der Waals surface area contributed by atoms with E-state index in [1.54, 1.807) is 0 Å². The first-order chi connectivity index (χ1) is 7.96. The third kappa shape index (κ3) is 7.71. The summed E-state index contributed by atoms with van der Waals surface area (Å²) in [4.78, 5) is 11.9. The molecule has 8 heteroatoms. The highest BCUT2D eigenvalue weighted by atomic mass is 35.5. The molecular formula is C11H26ClN3O3S. The van der Waals surface area contributed by atoms with Crippen LogP contribution in [0.15, 0.2) is 0 Å². The third-order valence-corrected chi connectivity index (χ3v) is 3.90. The molecule has 0 saturated heterocycles. The normalized spacial score (nSPS) is 12.7. The van der Waals surface area contributed by atoms with Crippen LogP contribution in [0.4, 0.5) is 0 Å². The Morgan fingerprint density at radius 3 is 1.95 bits per heavy atom. The van der Waals surface area contributed by atoms with Crippen LogP contribution in [0, 0.1) is 0 Å². The fourth-order valence-corrected chi connectivity index (χ4v) is 2.51. The molecule has 1 amide bonds. The van der Waals surface area contributed by atoms with Crippen LogP contribution in [0.3, 0.4) is 0 Å². The molecule has 0 unspecified atom stereocenters. The molecule has 0 saturated carbocycles. The lowest BCUT2D eigenvalue weighted by molar-refractivity contribution is -0.126. The Kier molecular flexibility index (Phi) is 8.18. The maximum absolute atomic E-state index is 11.9. The lowest BCUT2D eigenvalue weighted by Gasteiger charge is -2.30. The van der Waals surface area contributed by atoms with Crippen molar-refractivity contribution in [1.82, 2.24) is 10.0 Å². The Balaban J connectivity index is 0. The predicted octanol–water partition coefficient (Wildman–Crippen LogP) is 0.370. The minimum absolute atomic E-state index is 0. The summed E-state index contributed by atoms with van der Waals surface area (Å²) in [5.41, 5.74) is 4.43. The summed E-state index contributed by atoms with van der Waals surface area (Å²) in [5.74, 6) is -0.385. The lowest BCUT2D eigenvalue weighted by atomic mass is 9.94. The maximum Gasteiger partial charge on any atom is 0.240 e. The van der Waals surface area contributed by atoms with Crippen LogP contribution < -0.4 is 15.8 Å². The fourth-order valence-electron chi connectivity index (χ4n) is 1.49. The molecule has 0 heterocycles. The topological polar surface area (TPSA) is 101 Å². The molecule has 4 N–H and O–H groups in total. The van der Waals surface area contributed by atoms with Gasteiger partial charge < -0.3 is 11.1 Å². The van der Waals surface area contributed by atoms with Crippen molar-refractivity contribution in [2.45, 2.75) is 51.6 Å². The lowest BCUT2D eigenvalue weighted by Crippen LogP contribution is -2.58. The van der Waals surface area contributed by atoms with Crippen LogP contribution in [0.1, 0.15) is 40.5 Å². The van der Waals surface area contributed by atoms with E-state index in [2.05, 4.69) is 10.0 Å². The van der Waals surface area contributed by atoms with Gasteiger partial charge in [0.2, 0.25) is 15.9 Å². The van der Waals surface area contributed by atoms with Crippen molar-refractivity contribution in [3.63, 3.8) is 0 Å². The van der Waals surface area contributed by atoms with Gasteiger partial charge in [-0.25, -0.2) is 13.1 Å². The van der Waals surface area contributed by atoms with E-state index in [1.807, 2.05) is 13.8 Å². The molecule has 116 valence electrons. The average Bonchev–Trinajstić information content (AvgIpc) is 2.22. The second-order valence-electron chi connectivity index (χ2n) is 5.25. The van der Waals surface area contributed by atoms with Gasteiger partial charge in [-0.05, 0) is 26.7 Å². The highest BCUT2D eigenvalue weighted by Crippen LogP contribution is 2.11. The van der Waals surface area contributed by atoms with Crippen LogP contribution in [0.2, 0.25) is 0 Å². The molecule has 0 bridgehead atoms. The van der Waals surface area contributed by atoms with Crippen molar-refractivity contribution in [3.8, 4) is 0 Å². The first kappa shape index (κ1) is 20.9. The highest BCUT2D eigenvalue weighted by Gasteiger charge is 2.32. The quantitative estimate of drug-likeness (QED) is 0.631. The van der Waals surface area contributed by atoms with Crippen LogP contribution in [-0.2, 0) is 14.8 Å². The largest absolute Gasteiger partial charge is 0.353 e. The minimum atomic E-state index is -3.43. The van der Waals surface area contributed by atoms with Crippen molar-refractivity contribution in [2.24, 2.45) is 5.73 Å². The Morgan fingerprint density at radius 1 is 1.21 bits per heavy atom. The van der Waals surface area contributed by atoms with Crippen molar-refractivity contribution in [3.05, 3.63) is 0 Å². The van der Waals surface area contributed by atoms with Crippen LogP contribution in [0.5, 0.6) is 0 Å². The van der Waals surface area contributed by atoms with Crippen molar-refractivity contribution < 1.29 is 13.2 Å². The van der Waals surface area contributed by atoms with Crippen molar-refractivity contribution in [1.29, 1.82) is 0 Å². The molecule has 0 aromatic carbocycles. The summed E-state index contributed by atoms with van der Waals surface area (Å²) in [6.07, 6.45) is 2.50. The van der Waals surface area contributed by atoms with Gasteiger partial charge in [0.25, 0.3) is 0 Å². The maximum atomic E-state index is 11.9. The summed E-state index contributed by atoms with van der Waals surface area (Å²) in [6, 6.07) is 0. The number of nitrogens with one attached hydrogen (secondary N) is 2. The number of hydrogen-bond donors (Lipinski definition) is 3. The molecule has 0 aromatic rings. The first-order valence-electron chi connectivity index (χ1n) is 6.02. The zero-order chi connectivity index (χ0) is 14.6. The molecule has 0 spiro atoms. The highest BCUT2D eigenvalue weighted by molar-refractivity contribution is 7.88. The summed E-state index contributed by atoms with van der Waals surface area (Å²) in [6.45, 7) is 7.26. The molecule has 6 nitrogen and oxygen atoms in total. The average molecular weight is 316 g/mol. The van der Waals surface area contributed by atoms with Gasteiger partial charge in [-0.15, -0.1) is 12.4 Å². The summed E-state index contributed by atoms with van der Waals surface area (Å²) >= 11 is 0. The SMILES string of the molecule is CCC(N)(CC)CNC(=O)C(C)(C)NS(C)(=O)=O.Cl. The number of carbonyl (C=O) groups is 1. The summed E-state index contributed by atoms with van der Waals surface area (Å²) < 4.78 is 24.6. The Labute approximate surface area is 122 Å². The van der Waals surface area contributed by atoms with Gasteiger partial charge in [0.1, 0.15) is 5.54 Å². The second kappa shape index (κ2) is 7.42. The van der Waals surface area contributed by atoms with Crippen molar-refractivity contribution in [2.75, 3.05) is 12.8 Å².